The summed E-state index contributed by atoms with van der Waals surface area (Å²) in [5.41, 5.74) is 0. The molecular weight excluding hydrogens is 683 g/mol. The molecule has 2 atom stereocenters. The van der Waals surface area contributed by atoms with Gasteiger partial charge in [0.25, 0.3) is 0 Å². The molecule has 55 heavy (non-hydrogen) atoms. The molecule has 3 N–H and O–H groups in total. The summed E-state index contributed by atoms with van der Waals surface area (Å²) < 4.78 is 5.44. The molecule has 0 saturated heterocycles. The Kier molecular flexibility index (Phi) is 44.2. The topological polar surface area (TPSA) is 95.9 Å². The predicted molar refractivity (Wildman–Crippen MR) is 237 cm³/mol. The van der Waals surface area contributed by atoms with Crippen LogP contribution in [0.25, 0.3) is 0 Å². The Morgan fingerprint density at radius 2 is 0.836 bits per heavy atom. The van der Waals surface area contributed by atoms with E-state index in [2.05, 4.69) is 19.2 Å². The Labute approximate surface area is 342 Å². The SMILES string of the molecule is CCCCCCCCCCCCCCC/C=C/C(O)C(CO)NC(=O)CCCCCCCCCCCCOC(=O)CCCCCCCCCCCCCCC. The Hall–Kier alpha value is -1.40. The van der Waals surface area contributed by atoms with Crippen molar-refractivity contribution in [2.24, 2.45) is 0 Å². The van der Waals surface area contributed by atoms with Gasteiger partial charge < -0.3 is 20.3 Å². The summed E-state index contributed by atoms with van der Waals surface area (Å²) in [7, 11) is 0. The smallest absolute Gasteiger partial charge is 0.305 e. The van der Waals surface area contributed by atoms with Crippen LogP contribution in [0.3, 0.4) is 0 Å². The zero-order valence-electron chi connectivity index (χ0n) is 36.9. The third kappa shape index (κ3) is 42.0. The standard InChI is InChI=1S/C49H95NO5/c1-3-5-7-9-11-13-15-17-18-20-21-25-29-33-37-41-47(52)46(45-51)50-48(53)42-38-34-30-26-23-24-28-32-36-40-44-55-49(54)43-39-35-31-27-22-19-16-14-12-10-8-6-4-2/h37,41,46-47,51-52H,3-36,38-40,42-45H2,1-2H3,(H,50,53)/b41-37+. The van der Waals surface area contributed by atoms with Crippen LogP contribution in [-0.4, -0.2) is 47.4 Å². The second-order valence-electron chi connectivity index (χ2n) is 16.8. The Bertz CT molecular complexity index is 817. The lowest BCUT2D eigenvalue weighted by Gasteiger charge is -2.20. The molecule has 1 amide bonds. The van der Waals surface area contributed by atoms with Crippen LogP contribution in [0.4, 0.5) is 0 Å². The molecule has 6 nitrogen and oxygen atoms in total. The minimum atomic E-state index is -0.857. The molecule has 0 aromatic heterocycles. The average molecular weight is 778 g/mol. The molecule has 0 saturated carbocycles. The van der Waals surface area contributed by atoms with E-state index in [1.165, 1.54) is 180 Å². The van der Waals surface area contributed by atoms with Crippen LogP contribution in [0.1, 0.15) is 264 Å². The molecule has 0 radical (unpaired) electrons. The molecule has 0 aliphatic carbocycles. The highest BCUT2D eigenvalue weighted by atomic mass is 16.5. The van der Waals surface area contributed by atoms with E-state index in [9.17, 15) is 19.8 Å². The third-order valence-corrected chi connectivity index (χ3v) is 11.3. The molecular formula is C49H95NO5. The third-order valence-electron chi connectivity index (χ3n) is 11.3. The van der Waals surface area contributed by atoms with Gasteiger partial charge in [-0.3, -0.25) is 9.59 Å². The van der Waals surface area contributed by atoms with Crippen LogP contribution in [0, 0.1) is 0 Å². The van der Waals surface area contributed by atoms with Crippen molar-refractivity contribution in [3.63, 3.8) is 0 Å². The maximum absolute atomic E-state index is 12.4. The first-order valence-corrected chi connectivity index (χ1v) is 24.5. The maximum Gasteiger partial charge on any atom is 0.305 e. The summed E-state index contributed by atoms with van der Waals surface area (Å²) in [6.07, 6.45) is 50.5. The van der Waals surface area contributed by atoms with Crippen molar-refractivity contribution in [2.75, 3.05) is 13.2 Å². The number of aliphatic hydroxyl groups excluding tert-OH is 2. The van der Waals surface area contributed by atoms with Crippen LogP contribution >= 0.6 is 0 Å². The van der Waals surface area contributed by atoms with E-state index in [-0.39, 0.29) is 18.5 Å². The lowest BCUT2D eigenvalue weighted by atomic mass is 10.0. The van der Waals surface area contributed by atoms with Gasteiger partial charge in [-0.1, -0.05) is 231 Å². The molecule has 0 aromatic carbocycles. The zero-order valence-corrected chi connectivity index (χ0v) is 36.9. The lowest BCUT2D eigenvalue weighted by Crippen LogP contribution is -2.45. The average Bonchev–Trinajstić information content (AvgIpc) is 3.18. The number of amides is 1. The van der Waals surface area contributed by atoms with Gasteiger partial charge in [-0.25, -0.2) is 0 Å². The highest BCUT2D eigenvalue weighted by molar-refractivity contribution is 5.76. The second-order valence-corrected chi connectivity index (χ2v) is 16.8. The second kappa shape index (κ2) is 45.3. The van der Waals surface area contributed by atoms with Gasteiger partial charge in [0.1, 0.15) is 0 Å². The number of nitrogens with one attached hydrogen (secondary N) is 1. The van der Waals surface area contributed by atoms with Crippen molar-refractivity contribution in [3.05, 3.63) is 12.2 Å². The Morgan fingerprint density at radius 1 is 0.491 bits per heavy atom. The van der Waals surface area contributed by atoms with Gasteiger partial charge in [-0.05, 0) is 32.1 Å². The summed E-state index contributed by atoms with van der Waals surface area (Å²) in [6.45, 7) is 4.85. The van der Waals surface area contributed by atoms with Crippen molar-refractivity contribution < 1.29 is 24.5 Å². The van der Waals surface area contributed by atoms with Gasteiger partial charge in [-0.15, -0.1) is 0 Å². The number of hydrogen-bond donors (Lipinski definition) is 3. The highest BCUT2D eigenvalue weighted by Gasteiger charge is 2.18. The van der Waals surface area contributed by atoms with Crippen molar-refractivity contribution in [1.29, 1.82) is 0 Å². The molecule has 0 rings (SSSR count). The van der Waals surface area contributed by atoms with Crippen molar-refractivity contribution >= 4 is 11.9 Å². The van der Waals surface area contributed by atoms with Crippen molar-refractivity contribution in [1.82, 2.24) is 5.32 Å². The van der Waals surface area contributed by atoms with Crippen molar-refractivity contribution in [3.8, 4) is 0 Å². The number of unbranched alkanes of at least 4 members (excludes halogenated alkanes) is 34. The van der Waals surface area contributed by atoms with E-state index in [1.807, 2.05) is 6.08 Å². The Morgan fingerprint density at radius 3 is 1.24 bits per heavy atom. The van der Waals surface area contributed by atoms with Gasteiger partial charge in [0.2, 0.25) is 5.91 Å². The molecule has 0 fully saturated rings. The van der Waals surface area contributed by atoms with Crippen molar-refractivity contribution in [2.45, 2.75) is 276 Å². The first-order chi connectivity index (χ1) is 27.0. The molecule has 6 heteroatoms. The summed E-state index contributed by atoms with van der Waals surface area (Å²) in [5.74, 6) is -0.109. The zero-order chi connectivity index (χ0) is 40.1. The van der Waals surface area contributed by atoms with E-state index in [0.717, 1.165) is 57.8 Å². The first kappa shape index (κ1) is 53.6. The number of allylic oxidation sites excluding steroid dienone is 1. The van der Waals surface area contributed by atoms with E-state index in [0.29, 0.717) is 19.4 Å². The normalized spacial score (nSPS) is 12.7. The van der Waals surface area contributed by atoms with E-state index in [4.69, 9.17) is 4.74 Å². The summed E-state index contributed by atoms with van der Waals surface area (Å²) in [5, 5.41) is 23.0. The number of ether oxygens (including phenoxy) is 1. The largest absolute Gasteiger partial charge is 0.466 e. The quantitative estimate of drug-likeness (QED) is 0.0325. The molecule has 0 aliphatic rings. The molecule has 0 bridgehead atoms. The van der Waals surface area contributed by atoms with Crippen LogP contribution in [-0.2, 0) is 14.3 Å². The van der Waals surface area contributed by atoms with Crippen LogP contribution < -0.4 is 5.32 Å². The minimum Gasteiger partial charge on any atom is -0.466 e. The fourth-order valence-electron chi connectivity index (χ4n) is 7.51. The van der Waals surface area contributed by atoms with Gasteiger partial charge in [0, 0.05) is 12.8 Å². The molecule has 2 unspecified atom stereocenters. The van der Waals surface area contributed by atoms with E-state index < -0.39 is 12.1 Å². The summed E-state index contributed by atoms with van der Waals surface area (Å²) in [4.78, 5) is 24.4. The molecule has 0 heterocycles. The predicted octanol–water partition coefficient (Wildman–Crippen LogP) is 14.2. The summed E-state index contributed by atoms with van der Waals surface area (Å²) >= 11 is 0. The number of rotatable bonds is 45. The molecule has 326 valence electrons. The lowest BCUT2D eigenvalue weighted by molar-refractivity contribution is -0.143. The van der Waals surface area contributed by atoms with E-state index in [1.54, 1.807) is 6.08 Å². The number of aliphatic hydroxyl groups is 2. The van der Waals surface area contributed by atoms with Gasteiger partial charge in [0.15, 0.2) is 0 Å². The minimum absolute atomic E-state index is 0.0194. The number of carbonyl (C=O) groups excluding carboxylic acids is 2. The van der Waals surface area contributed by atoms with E-state index >= 15 is 0 Å². The fourth-order valence-corrected chi connectivity index (χ4v) is 7.51. The highest BCUT2D eigenvalue weighted by Crippen LogP contribution is 2.16. The summed E-state index contributed by atoms with van der Waals surface area (Å²) in [6, 6.07) is -0.642. The van der Waals surface area contributed by atoms with Crippen LogP contribution in [0.5, 0.6) is 0 Å². The molecule has 0 aromatic rings. The van der Waals surface area contributed by atoms with Crippen LogP contribution in [0.15, 0.2) is 12.2 Å². The number of hydrogen-bond acceptors (Lipinski definition) is 5. The monoisotopic (exact) mass is 778 g/mol. The first-order valence-electron chi connectivity index (χ1n) is 24.5. The molecule has 0 aliphatic heterocycles. The maximum atomic E-state index is 12.4. The van der Waals surface area contributed by atoms with Gasteiger partial charge in [-0.2, -0.15) is 0 Å². The number of carbonyl (C=O) groups is 2. The van der Waals surface area contributed by atoms with Crippen LogP contribution in [0.2, 0.25) is 0 Å². The van der Waals surface area contributed by atoms with Gasteiger partial charge in [0.05, 0.1) is 25.4 Å². The van der Waals surface area contributed by atoms with Gasteiger partial charge >= 0.3 is 5.97 Å². The molecule has 0 spiro atoms. The number of esters is 1. The Balaban J connectivity index is 3.52. The fraction of sp³-hybridized carbons (Fsp3) is 0.918.